The predicted octanol–water partition coefficient (Wildman–Crippen LogP) is 3.17. The normalized spacial score (nSPS) is 17.5. The van der Waals surface area contributed by atoms with Crippen LogP contribution < -0.4 is 0 Å². The van der Waals surface area contributed by atoms with E-state index in [1.165, 1.54) is 6.92 Å². The summed E-state index contributed by atoms with van der Waals surface area (Å²) in [5.74, 6) is -0.502. The number of aryl methyl sites for hydroxylation is 1. The fourth-order valence-electron chi connectivity index (χ4n) is 3.93. The molecule has 0 aromatic carbocycles. The largest absolute Gasteiger partial charge is 0.438 e. The molecule has 4 aromatic rings. The Kier molecular flexibility index (Phi) is 3.97. The van der Waals surface area contributed by atoms with Crippen LogP contribution in [0, 0.1) is 6.92 Å². The maximum absolute atomic E-state index is 13.9. The van der Waals surface area contributed by atoms with Gasteiger partial charge >= 0.3 is 0 Å². The number of hydrogen-bond acceptors (Lipinski definition) is 5. The van der Waals surface area contributed by atoms with E-state index < -0.39 is 18.1 Å². The smallest absolute Gasteiger partial charge is 0.292 e. The van der Waals surface area contributed by atoms with Crippen molar-refractivity contribution in [2.45, 2.75) is 32.5 Å². The number of hydrogen-bond donors (Lipinski definition) is 1. The molecule has 8 nitrogen and oxygen atoms in total. The van der Waals surface area contributed by atoms with Crippen LogP contribution in [0.25, 0.3) is 5.52 Å². The number of fused-ring (bicyclic) bond motifs is 2. The average molecular weight is 394 g/mol. The van der Waals surface area contributed by atoms with E-state index in [0.717, 1.165) is 29.0 Å². The van der Waals surface area contributed by atoms with E-state index in [1.54, 1.807) is 11.2 Å². The van der Waals surface area contributed by atoms with E-state index in [2.05, 4.69) is 15.0 Å². The molecular formula is C20H19FN6O2. The molecule has 29 heavy (non-hydrogen) atoms. The lowest BCUT2D eigenvalue weighted by atomic mass is 9.99. The Morgan fingerprint density at radius 3 is 3.03 bits per heavy atom. The lowest BCUT2D eigenvalue weighted by Gasteiger charge is -2.33. The third kappa shape index (κ3) is 2.72. The summed E-state index contributed by atoms with van der Waals surface area (Å²) in [6, 6.07) is 7.33. The zero-order valence-electron chi connectivity index (χ0n) is 16.0. The van der Waals surface area contributed by atoms with Gasteiger partial charge in [-0.2, -0.15) is 5.10 Å². The van der Waals surface area contributed by atoms with Crippen molar-refractivity contribution >= 4 is 11.4 Å². The maximum Gasteiger partial charge on any atom is 0.292 e. The summed E-state index contributed by atoms with van der Waals surface area (Å²) in [5.41, 5.74) is 4.30. The van der Waals surface area contributed by atoms with Gasteiger partial charge in [-0.15, -0.1) is 0 Å². The van der Waals surface area contributed by atoms with Gasteiger partial charge in [0.2, 0.25) is 5.76 Å². The van der Waals surface area contributed by atoms with Crippen LogP contribution >= 0.6 is 0 Å². The van der Waals surface area contributed by atoms with Crippen LogP contribution in [0.1, 0.15) is 58.2 Å². The summed E-state index contributed by atoms with van der Waals surface area (Å²) < 4.78 is 21.0. The number of alkyl halides is 1. The molecule has 0 fully saturated rings. The molecule has 0 aliphatic carbocycles. The van der Waals surface area contributed by atoms with Crippen LogP contribution in [0.3, 0.4) is 0 Å². The standard InChI is InChI=1S/C20H19FN6O2/c1-11-4-3-5-13-8-15(25-27(11)13)18-17-14(22-9-23-17)6-7-26(18)20(28)19-16(12(2)21)24-10-29-19/h3-5,8-10,12,18H,6-7H2,1-2H3,(H,22,23)/t12?,18-/m0/s1. The third-order valence-electron chi connectivity index (χ3n) is 5.33. The van der Waals surface area contributed by atoms with Crippen LogP contribution in [-0.2, 0) is 6.42 Å². The number of oxazole rings is 1. The molecule has 5 rings (SSSR count). The van der Waals surface area contributed by atoms with Gasteiger partial charge in [0.25, 0.3) is 5.91 Å². The van der Waals surface area contributed by atoms with Crippen molar-refractivity contribution in [1.82, 2.24) is 29.5 Å². The highest BCUT2D eigenvalue weighted by molar-refractivity contribution is 5.93. The van der Waals surface area contributed by atoms with E-state index >= 15 is 0 Å². The number of carbonyl (C=O) groups is 1. The van der Waals surface area contributed by atoms with Crippen molar-refractivity contribution in [2.75, 3.05) is 6.54 Å². The number of halogens is 1. The number of aromatic nitrogens is 5. The molecular weight excluding hydrogens is 375 g/mol. The fourth-order valence-corrected chi connectivity index (χ4v) is 3.93. The SMILES string of the molecule is Cc1cccc2cc([C@H]3c4nc[nH]c4CCN3C(=O)c3ocnc3C(C)F)nn12. The number of pyridine rings is 1. The number of H-pyrrole nitrogens is 1. The number of imidazole rings is 1. The minimum absolute atomic E-state index is 0.00687. The monoisotopic (exact) mass is 394 g/mol. The van der Waals surface area contributed by atoms with Crippen LogP contribution in [0.2, 0.25) is 0 Å². The fraction of sp³-hybridized carbons (Fsp3) is 0.300. The lowest BCUT2D eigenvalue weighted by Crippen LogP contribution is -2.41. The summed E-state index contributed by atoms with van der Waals surface area (Å²) in [6.45, 7) is 3.72. The Morgan fingerprint density at radius 2 is 2.24 bits per heavy atom. The topological polar surface area (TPSA) is 92.3 Å². The van der Waals surface area contributed by atoms with E-state index in [-0.39, 0.29) is 11.5 Å². The lowest BCUT2D eigenvalue weighted by molar-refractivity contribution is 0.0650. The molecule has 1 N–H and O–H groups in total. The molecule has 5 heterocycles. The number of amides is 1. The van der Waals surface area contributed by atoms with Gasteiger partial charge in [-0.1, -0.05) is 6.07 Å². The van der Waals surface area contributed by atoms with E-state index in [0.29, 0.717) is 18.7 Å². The Labute approximate surface area is 165 Å². The number of carbonyl (C=O) groups excluding carboxylic acids is 1. The molecule has 148 valence electrons. The number of aromatic amines is 1. The second kappa shape index (κ2) is 6.54. The van der Waals surface area contributed by atoms with Gasteiger partial charge < -0.3 is 14.3 Å². The molecule has 1 unspecified atom stereocenters. The Balaban J connectivity index is 1.63. The molecule has 4 aromatic heterocycles. The number of nitrogens with zero attached hydrogens (tertiary/aromatic N) is 5. The molecule has 2 atom stereocenters. The highest BCUT2D eigenvalue weighted by Gasteiger charge is 2.38. The van der Waals surface area contributed by atoms with Crippen molar-refractivity contribution in [3.05, 3.63) is 71.2 Å². The summed E-state index contributed by atoms with van der Waals surface area (Å²) in [5, 5.41) is 4.73. The summed E-state index contributed by atoms with van der Waals surface area (Å²) in [4.78, 5) is 26.5. The van der Waals surface area contributed by atoms with Crippen molar-refractivity contribution < 1.29 is 13.6 Å². The molecule has 0 bridgehead atoms. The highest BCUT2D eigenvalue weighted by Crippen LogP contribution is 2.35. The number of rotatable bonds is 3. The van der Waals surface area contributed by atoms with Crippen LogP contribution in [0.5, 0.6) is 0 Å². The third-order valence-corrected chi connectivity index (χ3v) is 5.33. The zero-order chi connectivity index (χ0) is 20.1. The molecule has 0 spiro atoms. The highest BCUT2D eigenvalue weighted by atomic mass is 19.1. The summed E-state index contributed by atoms with van der Waals surface area (Å²) in [7, 11) is 0. The van der Waals surface area contributed by atoms with Gasteiger partial charge in [0, 0.05) is 24.4 Å². The van der Waals surface area contributed by atoms with Gasteiger partial charge in [0.15, 0.2) is 6.39 Å². The van der Waals surface area contributed by atoms with E-state index in [4.69, 9.17) is 9.52 Å². The van der Waals surface area contributed by atoms with E-state index in [1.807, 2.05) is 35.7 Å². The van der Waals surface area contributed by atoms with Crippen molar-refractivity contribution in [3.8, 4) is 0 Å². The Bertz CT molecular complexity index is 1210. The van der Waals surface area contributed by atoms with Gasteiger partial charge in [-0.05, 0) is 32.0 Å². The first-order valence-corrected chi connectivity index (χ1v) is 9.40. The Morgan fingerprint density at radius 1 is 1.38 bits per heavy atom. The molecule has 1 aliphatic heterocycles. The van der Waals surface area contributed by atoms with Crippen LogP contribution in [0.4, 0.5) is 4.39 Å². The average Bonchev–Trinajstić information content (AvgIpc) is 3.44. The molecule has 0 radical (unpaired) electrons. The Hall–Kier alpha value is -3.49. The van der Waals surface area contributed by atoms with Crippen LogP contribution in [0.15, 0.2) is 41.4 Å². The maximum atomic E-state index is 13.9. The van der Waals surface area contributed by atoms with Crippen molar-refractivity contribution in [2.24, 2.45) is 0 Å². The molecule has 0 saturated carbocycles. The quantitative estimate of drug-likeness (QED) is 0.576. The van der Waals surface area contributed by atoms with Crippen LogP contribution in [-0.4, -0.2) is 41.9 Å². The first-order valence-electron chi connectivity index (χ1n) is 9.40. The van der Waals surface area contributed by atoms with Gasteiger partial charge in [0.1, 0.15) is 17.9 Å². The second-order valence-electron chi connectivity index (χ2n) is 7.17. The molecule has 1 amide bonds. The predicted molar refractivity (Wildman–Crippen MR) is 101 cm³/mol. The minimum atomic E-state index is -1.41. The first-order chi connectivity index (χ1) is 14.0. The molecule has 9 heteroatoms. The number of nitrogens with one attached hydrogen (secondary N) is 1. The summed E-state index contributed by atoms with van der Waals surface area (Å²) in [6.07, 6.45) is 1.93. The first kappa shape index (κ1) is 17.6. The molecule has 0 saturated heterocycles. The summed E-state index contributed by atoms with van der Waals surface area (Å²) >= 11 is 0. The van der Waals surface area contributed by atoms with Gasteiger partial charge in [-0.3, -0.25) is 4.79 Å². The molecule has 1 aliphatic rings. The minimum Gasteiger partial charge on any atom is -0.438 e. The van der Waals surface area contributed by atoms with E-state index in [9.17, 15) is 9.18 Å². The van der Waals surface area contributed by atoms with Gasteiger partial charge in [0.05, 0.1) is 23.2 Å². The zero-order valence-corrected chi connectivity index (χ0v) is 16.0. The second-order valence-corrected chi connectivity index (χ2v) is 7.17. The van der Waals surface area contributed by atoms with Gasteiger partial charge in [-0.25, -0.2) is 18.9 Å². The van der Waals surface area contributed by atoms with Crippen molar-refractivity contribution in [3.63, 3.8) is 0 Å². The van der Waals surface area contributed by atoms with Crippen molar-refractivity contribution in [1.29, 1.82) is 0 Å².